The monoisotopic (exact) mass is 314 g/mol. The van der Waals surface area contributed by atoms with E-state index in [0.29, 0.717) is 24.9 Å². The second-order valence-electron chi connectivity index (χ2n) is 6.29. The Morgan fingerprint density at radius 2 is 1.91 bits per heavy atom. The Morgan fingerprint density at radius 1 is 1.18 bits per heavy atom. The van der Waals surface area contributed by atoms with Gasteiger partial charge in [-0.1, -0.05) is 0 Å². The fourth-order valence-corrected chi connectivity index (χ4v) is 2.86. The van der Waals surface area contributed by atoms with Crippen LogP contribution in [0.2, 0.25) is 0 Å². The summed E-state index contributed by atoms with van der Waals surface area (Å²) in [6.07, 6.45) is 1.61. The zero-order valence-electron chi connectivity index (χ0n) is 12.4. The van der Waals surface area contributed by atoms with Gasteiger partial charge in [-0.2, -0.15) is 13.2 Å². The number of hydrogen-bond acceptors (Lipinski definition) is 4. The van der Waals surface area contributed by atoms with Crippen molar-refractivity contribution >= 4 is 5.82 Å². The van der Waals surface area contributed by atoms with Gasteiger partial charge in [-0.25, -0.2) is 9.97 Å². The molecule has 2 fully saturated rings. The fourth-order valence-electron chi connectivity index (χ4n) is 2.86. The maximum absolute atomic E-state index is 12.3. The average Bonchev–Trinajstić information content (AvgIpc) is 3.30. The summed E-state index contributed by atoms with van der Waals surface area (Å²) in [5, 5.41) is 3.31. The minimum atomic E-state index is -4.09. The van der Waals surface area contributed by atoms with Gasteiger partial charge in [0.1, 0.15) is 11.6 Å². The van der Waals surface area contributed by atoms with Crippen molar-refractivity contribution in [2.45, 2.75) is 37.8 Å². The molecule has 1 aromatic rings. The number of nitrogens with zero attached hydrogens (tertiary/aromatic N) is 3. The SMILES string of the molecule is FC(F)(F)CN1CCC(CNc2ccnc(C3CC3)n2)CC1. The topological polar surface area (TPSA) is 41.0 Å². The highest BCUT2D eigenvalue weighted by Gasteiger charge is 2.32. The summed E-state index contributed by atoms with van der Waals surface area (Å²) in [6, 6.07) is 1.85. The Kier molecular flexibility index (Phi) is 4.52. The zero-order valence-corrected chi connectivity index (χ0v) is 12.4. The minimum absolute atomic E-state index is 0.406. The first-order valence-corrected chi connectivity index (χ1v) is 7.85. The van der Waals surface area contributed by atoms with Crippen LogP contribution in [-0.4, -0.2) is 47.2 Å². The Balaban J connectivity index is 1.42. The van der Waals surface area contributed by atoms with E-state index < -0.39 is 12.7 Å². The molecule has 1 N–H and O–H groups in total. The summed E-state index contributed by atoms with van der Waals surface area (Å²) in [5.41, 5.74) is 0. The van der Waals surface area contributed by atoms with Gasteiger partial charge in [-0.15, -0.1) is 0 Å². The predicted molar refractivity (Wildman–Crippen MR) is 77.7 cm³/mol. The number of likely N-dealkylation sites (tertiary alicyclic amines) is 1. The third kappa shape index (κ3) is 4.56. The van der Waals surface area contributed by atoms with Crippen LogP contribution in [0, 0.1) is 5.92 Å². The standard InChI is InChI=1S/C15H21F3N4/c16-15(17,18)10-22-7-4-11(5-8-22)9-20-13-3-6-19-14(21-13)12-1-2-12/h3,6,11-12H,1-2,4-5,7-10H2,(H,19,20,21). The van der Waals surface area contributed by atoms with E-state index in [4.69, 9.17) is 0 Å². The lowest BCUT2D eigenvalue weighted by Crippen LogP contribution is -2.41. The van der Waals surface area contributed by atoms with Crippen LogP contribution in [0.3, 0.4) is 0 Å². The molecule has 1 aromatic heterocycles. The Labute approximate surface area is 128 Å². The van der Waals surface area contributed by atoms with Gasteiger partial charge in [0.2, 0.25) is 0 Å². The smallest absolute Gasteiger partial charge is 0.370 e. The first-order valence-electron chi connectivity index (χ1n) is 7.85. The maximum atomic E-state index is 12.3. The molecule has 1 aliphatic carbocycles. The van der Waals surface area contributed by atoms with Gasteiger partial charge in [-0.05, 0) is 50.8 Å². The number of hydrogen-bond donors (Lipinski definition) is 1. The lowest BCUT2D eigenvalue weighted by Gasteiger charge is -2.32. The van der Waals surface area contributed by atoms with Crippen LogP contribution in [-0.2, 0) is 0 Å². The van der Waals surface area contributed by atoms with Gasteiger partial charge < -0.3 is 5.32 Å². The van der Waals surface area contributed by atoms with Crippen LogP contribution < -0.4 is 5.32 Å². The number of nitrogens with one attached hydrogen (secondary N) is 1. The predicted octanol–water partition coefficient (Wildman–Crippen LogP) is 3.04. The van der Waals surface area contributed by atoms with Crippen molar-refractivity contribution in [2.75, 3.05) is 31.5 Å². The lowest BCUT2D eigenvalue weighted by molar-refractivity contribution is -0.148. The van der Waals surface area contributed by atoms with Crippen molar-refractivity contribution in [1.29, 1.82) is 0 Å². The molecule has 122 valence electrons. The molecule has 1 saturated carbocycles. The third-order valence-corrected chi connectivity index (χ3v) is 4.30. The van der Waals surface area contributed by atoms with Gasteiger partial charge in [0, 0.05) is 18.7 Å². The number of aromatic nitrogens is 2. The van der Waals surface area contributed by atoms with E-state index in [1.54, 1.807) is 6.20 Å². The molecular weight excluding hydrogens is 293 g/mol. The minimum Gasteiger partial charge on any atom is -0.370 e. The van der Waals surface area contributed by atoms with Crippen molar-refractivity contribution < 1.29 is 13.2 Å². The lowest BCUT2D eigenvalue weighted by atomic mass is 9.97. The quantitative estimate of drug-likeness (QED) is 0.907. The van der Waals surface area contributed by atoms with E-state index in [1.165, 1.54) is 17.7 Å². The average molecular weight is 314 g/mol. The van der Waals surface area contributed by atoms with Crippen molar-refractivity contribution in [3.05, 3.63) is 18.1 Å². The largest absolute Gasteiger partial charge is 0.401 e. The molecule has 4 nitrogen and oxygen atoms in total. The molecule has 0 spiro atoms. The van der Waals surface area contributed by atoms with Crippen molar-refractivity contribution in [2.24, 2.45) is 5.92 Å². The molecular formula is C15H21F3N4. The van der Waals surface area contributed by atoms with E-state index >= 15 is 0 Å². The van der Waals surface area contributed by atoms with Gasteiger partial charge in [0.25, 0.3) is 0 Å². The first-order chi connectivity index (χ1) is 10.5. The summed E-state index contributed by atoms with van der Waals surface area (Å²) in [5.74, 6) is 2.66. The first kappa shape index (κ1) is 15.5. The van der Waals surface area contributed by atoms with Crippen LogP contribution in [0.1, 0.15) is 37.4 Å². The second kappa shape index (κ2) is 6.40. The van der Waals surface area contributed by atoms with Gasteiger partial charge >= 0.3 is 6.18 Å². The van der Waals surface area contributed by atoms with E-state index in [-0.39, 0.29) is 0 Å². The summed E-state index contributed by atoms with van der Waals surface area (Å²) >= 11 is 0. The van der Waals surface area contributed by atoms with Crippen LogP contribution in [0.15, 0.2) is 12.3 Å². The fraction of sp³-hybridized carbons (Fsp3) is 0.733. The van der Waals surface area contributed by atoms with E-state index in [2.05, 4.69) is 15.3 Å². The number of rotatable bonds is 5. The van der Waals surface area contributed by atoms with E-state index in [1.807, 2.05) is 6.07 Å². The molecule has 0 aromatic carbocycles. The van der Waals surface area contributed by atoms with Gasteiger partial charge in [0.05, 0.1) is 6.54 Å². The second-order valence-corrected chi connectivity index (χ2v) is 6.29. The van der Waals surface area contributed by atoms with E-state index in [0.717, 1.165) is 31.0 Å². The molecule has 22 heavy (non-hydrogen) atoms. The number of piperidine rings is 1. The molecule has 0 amide bonds. The molecule has 0 unspecified atom stereocenters. The summed E-state index contributed by atoms with van der Waals surface area (Å²) in [6.45, 7) is 1.01. The number of alkyl halides is 3. The molecule has 2 heterocycles. The van der Waals surface area contributed by atoms with E-state index in [9.17, 15) is 13.2 Å². The molecule has 0 bridgehead atoms. The Morgan fingerprint density at radius 3 is 2.55 bits per heavy atom. The number of anilines is 1. The van der Waals surface area contributed by atoms with Gasteiger partial charge in [-0.3, -0.25) is 4.90 Å². The normalized spacial score (nSPS) is 21.0. The van der Waals surface area contributed by atoms with Crippen molar-refractivity contribution in [1.82, 2.24) is 14.9 Å². The van der Waals surface area contributed by atoms with Gasteiger partial charge in [0.15, 0.2) is 0 Å². The van der Waals surface area contributed by atoms with Crippen LogP contribution >= 0.6 is 0 Å². The van der Waals surface area contributed by atoms with Crippen molar-refractivity contribution in [3.63, 3.8) is 0 Å². The third-order valence-electron chi connectivity index (χ3n) is 4.30. The number of halogens is 3. The molecule has 2 aliphatic rings. The molecule has 1 saturated heterocycles. The zero-order chi connectivity index (χ0) is 15.6. The highest BCUT2D eigenvalue weighted by atomic mass is 19.4. The Hall–Kier alpha value is -1.37. The summed E-state index contributed by atoms with van der Waals surface area (Å²) in [7, 11) is 0. The highest BCUT2D eigenvalue weighted by molar-refractivity contribution is 5.33. The molecule has 0 atom stereocenters. The van der Waals surface area contributed by atoms with Crippen molar-refractivity contribution in [3.8, 4) is 0 Å². The van der Waals surface area contributed by atoms with Crippen LogP contribution in [0.4, 0.5) is 19.0 Å². The molecule has 7 heteroatoms. The van der Waals surface area contributed by atoms with Crippen LogP contribution in [0.25, 0.3) is 0 Å². The molecule has 3 rings (SSSR count). The van der Waals surface area contributed by atoms with Crippen LogP contribution in [0.5, 0.6) is 0 Å². The summed E-state index contributed by atoms with van der Waals surface area (Å²) < 4.78 is 37.0. The highest BCUT2D eigenvalue weighted by Crippen LogP contribution is 2.38. The Bertz CT molecular complexity index is 494. The molecule has 1 aliphatic heterocycles. The summed E-state index contributed by atoms with van der Waals surface area (Å²) in [4.78, 5) is 10.3. The molecule has 0 radical (unpaired) electrons. The maximum Gasteiger partial charge on any atom is 0.401 e.